The minimum absolute atomic E-state index is 0.142. The number of nitrogens with zero attached hydrogens (tertiary/aromatic N) is 3. The summed E-state index contributed by atoms with van der Waals surface area (Å²) in [6, 6.07) is 2.52. The van der Waals surface area contributed by atoms with E-state index < -0.39 is 11.6 Å². The highest BCUT2D eigenvalue weighted by molar-refractivity contribution is 9.10. The van der Waals surface area contributed by atoms with Gasteiger partial charge in [-0.25, -0.2) is 13.8 Å². The van der Waals surface area contributed by atoms with Crippen molar-refractivity contribution in [1.82, 2.24) is 20.1 Å². The number of halogens is 3. The maximum Gasteiger partial charge on any atom is 0.173 e. The van der Waals surface area contributed by atoms with Gasteiger partial charge in [0.1, 0.15) is 12.2 Å². The third-order valence-electron chi connectivity index (χ3n) is 3.31. The molecule has 0 saturated carbocycles. The molecule has 0 radical (unpaired) electrons. The number of aromatic nitrogens is 3. The van der Waals surface area contributed by atoms with Crippen LogP contribution in [0.4, 0.5) is 8.78 Å². The first kappa shape index (κ1) is 16.0. The maximum atomic E-state index is 13.7. The van der Waals surface area contributed by atoms with E-state index in [-0.39, 0.29) is 10.5 Å². The lowest BCUT2D eigenvalue weighted by atomic mass is 10.0. The Morgan fingerprint density at radius 2 is 2.14 bits per heavy atom. The van der Waals surface area contributed by atoms with Crippen molar-refractivity contribution in [2.75, 3.05) is 7.05 Å². The summed E-state index contributed by atoms with van der Waals surface area (Å²) in [7, 11) is 1.78. The molecule has 0 bridgehead atoms. The molecule has 0 saturated heterocycles. The second-order valence-corrected chi connectivity index (χ2v) is 5.50. The number of nitrogens with one attached hydrogen (secondary N) is 1. The van der Waals surface area contributed by atoms with Crippen LogP contribution in [0.2, 0.25) is 0 Å². The van der Waals surface area contributed by atoms with Crippen molar-refractivity contribution >= 4 is 15.9 Å². The highest BCUT2D eigenvalue weighted by atomic mass is 79.9. The van der Waals surface area contributed by atoms with Crippen LogP contribution in [0.3, 0.4) is 0 Å². The van der Waals surface area contributed by atoms with Crippen LogP contribution in [0.15, 0.2) is 22.9 Å². The number of aryl methyl sites for hydroxylation is 1. The molecule has 1 atom stereocenters. The summed E-state index contributed by atoms with van der Waals surface area (Å²) >= 11 is 3.13. The molecular formula is C14H17BrF2N4. The summed E-state index contributed by atoms with van der Waals surface area (Å²) in [6.45, 7) is 2.84. The fourth-order valence-electron chi connectivity index (χ4n) is 2.20. The smallest absolute Gasteiger partial charge is 0.173 e. The first-order valence-corrected chi connectivity index (χ1v) is 7.55. The Morgan fingerprint density at radius 3 is 2.81 bits per heavy atom. The van der Waals surface area contributed by atoms with Crippen LogP contribution >= 0.6 is 15.9 Å². The predicted octanol–water partition coefficient (Wildman–Crippen LogP) is 3.23. The Kier molecular flexibility index (Phi) is 5.41. The highest BCUT2D eigenvalue weighted by Gasteiger charge is 2.20. The van der Waals surface area contributed by atoms with Crippen molar-refractivity contribution in [1.29, 1.82) is 0 Å². The number of hydrogen-bond acceptors (Lipinski definition) is 3. The third kappa shape index (κ3) is 3.47. The molecule has 7 heteroatoms. The molecule has 2 rings (SSSR count). The van der Waals surface area contributed by atoms with E-state index in [1.165, 1.54) is 6.33 Å². The number of rotatable bonds is 6. The standard InChI is InChI=1S/C14H17BrF2N4/c1-3-6-21-12(19-8-20-21)7-11(18-2)9-4-5-10(16)14(17)13(9)15/h4-5,8,11,18H,3,6-7H2,1-2H3. The normalized spacial score (nSPS) is 12.6. The molecule has 0 spiro atoms. The summed E-state index contributed by atoms with van der Waals surface area (Å²) in [5.74, 6) is -0.926. The van der Waals surface area contributed by atoms with E-state index in [4.69, 9.17) is 0 Å². The fourth-order valence-corrected chi connectivity index (χ4v) is 2.80. The maximum absolute atomic E-state index is 13.7. The van der Waals surface area contributed by atoms with Crippen molar-refractivity contribution in [2.24, 2.45) is 0 Å². The molecule has 1 unspecified atom stereocenters. The van der Waals surface area contributed by atoms with Gasteiger partial charge in [-0.3, -0.25) is 4.68 Å². The zero-order chi connectivity index (χ0) is 15.4. The minimum Gasteiger partial charge on any atom is -0.313 e. The molecule has 2 aromatic rings. The largest absolute Gasteiger partial charge is 0.313 e. The molecule has 21 heavy (non-hydrogen) atoms. The minimum atomic E-state index is -0.872. The molecule has 0 aliphatic rings. The van der Waals surface area contributed by atoms with Gasteiger partial charge in [0, 0.05) is 19.0 Å². The molecule has 1 aromatic carbocycles. The Bertz CT molecular complexity index is 615. The lowest BCUT2D eigenvalue weighted by Gasteiger charge is -2.18. The first-order valence-electron chi connectivity index (χ1n) is 6.75. The van der Waals surface area contributed by atoms with Gasteiger partial charge in [0.15, 0.2) is 11.6 Å². The molecule has 1 N–H and O–H groups in total. The van der Waals surface area contributed by atoms with Gasteiger partial charge < -0.3 is 5.32 Å². The van der Waals surface area contributed by atoms with Gasteiger partial charge in [0.2, 0.25) is 0 Å². The molecule has 114 valence electrons. The van der Waals surface area contributed by atoms with E-state index in [2.05, 4.69) is 38.3 Å². The number of hydrogen-bond donors (Lipinski definition) is 1. The number of likely N-dealkylation sites (N-methyl/N-ethyl adjacent to an activating group) is 1. The highest BCUT2D eigenvalue weighted by Crippen LogP contribution is 2.29. The predicted molar refractivity (Wildman–Crippen MR) is 79.9 cm³/mol. The first-order chi connectivity index (χ1) is 10.1. The van der Waals surface area contributed by atoms with E-state index in [0.717, 1.165) is 24.9 Å². The van der Waals surface area contributed by atoms with Crippen LogP contribution in [0.25, 0.3) is 0 Å². The monoisotopic (exact) mass is 358 g/mol. The molecule has 0 aliphatic carbocycles. The van der Waals surface area contributed by atoms with E-state index in [9.17, 15) is 8.78 Å². The van der Waals surface area contributed by atoms with Gasteiger partial charge in [0.05, 0.1) is 4.47 Å². The van der Waals surface area contributed by atoms with Crippen molar-refractivity contribution in [3.8, 4) is 0 Å². The van der Waals surface area contributed by atoms with Gasteiger partial charge >= 0.3 is 0 Å². The van der Waals surface area contributed by atoms with Gasteiger partial charge in [-0.15, -0.1) is 0 Å². The van der Waals surface area contributed by atoms with E-state index in [0.29, 0.717) is 12.0 Å². The molecule has 1 aromatic heterocycles. The SMILES string of the molecule is CCCn1ncnc1CC(NC)c1ccc(F)c(F)c1Br. The Morgan fingerprint density at radius 1 is 1.38 bits per heavy atom. The summed E-state index contributed by atoms with van der Waals surface area (Å²) in [5.41, 5.74) is 0.655. The van der Waals surface area contributed by atoms with Crippen LogP contribution in [-0.2, 0) is 13.0 Å². The zero-order valence-corrected chi connectivity index (χ0v) is 13.5. The van der Waals surface area contributed by atoms with Crippen molar-refractivity contribution in [3.05, 3.63) is 46.0 Å². The van der Waals surface area contributed by atoms with E-state index in [1.807, 2.05) is 4.68 Å². The summed E-state index contributed by atoms with van der Waals surface area (Å²) < 4.78 is 28.9. The van der Waals surface area contributed by atoms with Crippen molar-refractivity contribution in [3.63, 3.8) is 0 Å². The third-order valence-corrected chi connectivity index (χ3v) is 4.11. The Balaban J connectivity index is 2.28. The fraction of sp³-hybridized carbons (Fsp3) is 0.429. The topological polar surface area (TPSA) is 42.7 Å². The number of benzene rings is 1. The van der Waals surface area contributed by atoms with Gasteiger partial charge in [-0.1, -0.05) is 13.0 Å². The zero-order valence-electron chi connectivity index (χ0n) is 11.9. The second kappa shape index (κ2) is 7.09. The molecule has 0 aliphatic heterocycles. The van der Waals surface area contributed by atoms with Crippen LogP contribution < -0.4 is 5.32 Å². The average Bonchev–Trinajstić information content (AvgIpc) is 2.91. The Hall–Kier alpha value is -1.34. The molecule has 4 nitrogen and oxygen atoms in total. The van der Waals surface area contributed by atoms with Crippen LogP contribution in [0.1, 0.15) is 30.8 Å². The summed E-state index contributed by atoms with van der Waals surface area (Å²) in [4.78, 5) is 4.25. The lowest BCUT2D eigenvalue weighted by Crippen LogP contribution is -2.22. The van der Waals surface area contributed by atoms with Crippen molar-refractivity contribution < 1.29 is 8.78 Å². The quantitative estimate of drug-likeness (QED) is 0.806. The van der Waals surface area contributed by atoms with E-state index in [1.54, 1.807) is 13.1 Å². The Labute approximate surface area is 130 Å². The molecule has 0 fully saturated rings. The van der Waals surface area contributed by atoms with Crippen LogP contribution in [-0.4, -0.2) is 21.8 Å². The van der Waals surface area contributed by atoms with Gasteiger partial charge in [0.25, 0.3) is 0 Å². The molecule has 1 heterocycles. The summed E-state index contributed by atoms with van der Waals surface area (Å²) in [5, 5.41) is 7.29. The average molecular weight is 359 g/mol. The molecular weight excluding hydrogens is 342 g/mol. The second-order valence-electron chi connectivity index (χ2n) is 4.71. The lowest BCUT2D eigenvalue weighted by molar-refractivity contribution is 0.488. The molecule has 0 amide bonds. The van der Waals surface area contributed by atoms with Crippen LogP contribution in [0.5, 0.6) is 0 Å². The summed E-state index contributed by atoms with van der Waals surface area (Å²) in [6.07, 6.45) is 3.01. The van der Waals surface area contributed by atoms with Crippen molar-refractivity contribution in [2.45, 2.75) is 32.4 Å². The van der Waals surface area contributed by atoms with Gasteiger partial charge in [-0.2, -0.15) is 5.10 Å². The van der Waals surface area contributed by atoms with Crippen LogP contribution in [0, 0.1) is 11.6 Å². The van der Waals surface area contributed by atoms with E-state index >= 15 is 0 Å². The van der Waals surface area contributed by atoms with Gasteiger partial charge in [-0.05, 0) is 41.0 Å².